The lowest BCUT2D eigenvalue weighted by molar-refractivity contribution is -0.151. The minimum absolute atomic E-state index is 0.0751. The molecule has 7 heteroatoms. The van der Waals surface area contributed by atoms with Crippen molar-refractivity contribution in [1.29, 1.82) is 0 Å². The van der Waals surface area contributed by atoms with Crippen molar-refractivity contribution in [2.75, 3.05) is 6.54 Å². The Hall–Kier alpha value is -2.41. The first-order valence-electron chi connectivity index (χ1n) is 9.21. The molecule has 0 aliphatic rings. The van der Waals surface area contributed by atoms with Gasteiger partial charge in [-0.2, -0.15) is 0 Å². The lowest BCUT2D eigenvalue weighted by Crippen LogP contribution is -2.43. The molecule has 1 aromatic carbocycles. The average molecular weight is 378 g/mol. The van der Waals surface area contributed by atoms with E-state index in [0.29, 0.717) is 12.3 Å². The first-order chi connectivity index (χ1) is 12.7. The van der Waals surface area contributed by atoms with E-state index in [9.17, 15) is 14.4 Å². The van der Waals surface area contributed by atoms with Crippen LogP contribution in [-0.4, -0.2) is 40.5 Å². The van der Waals surface area contributed by atoms with Crippen molar-refractivity contribution in [2.45, 2.75) is 59.1 Å². The van der Waals surface area contributed by atoms with Gasteiger partial charge in [-0.25, -0.2) is 5.48 Å². The van der Waals surface area contributed by atoms with Crippen LogP contribution in [0.2, 0.25) is 0 Å². The summed E-state index contributed by atoms with van der Waals surface area (Å²) in [5.41, 5.74) is 2.28. The molecule has 1 atom stereocenters. The minimum atomic E-state index is -0.717. The highest BCUT2D eigenvalue weighted by atomic mass is 16.5. The van der Waals surface area contributed by atoms with Gasteiger partial charge in [0.05, 0.1) is 18.6 Å². The van der Waals surface area contributed by atoms with E-state index >= 15 is 0 Å². The third kappa shape index (κ3) is 8.21. The fraction of sp³-hybridized carbons (Fsp3) is 0.550. The van der Waals surface area contributed by atoms with Crippen LogP contribution in [0.25, 0.3) is 0 Å². The summed E-state index contributed by atoms with van der Waals surface area (Å²) >= 11 is 0. The molecule has 1 aromatic rings. The number of nitrogens with one attached hydrogen (secondary N) is 1. The second-order valence-corrected chi connectivity index (χ2v) is 7.16. The Labute approximate surface area is 160 Å². The Bertz CT molecular complexity index is 616. The van der Waals surface area contributed by atoms with Crippen LogP contribution in [0.15, 0.2) is 30.3 Å². The molecule has 0 aliphatic carbocycles. The number of hydrogen-bond acceptors (Lipinski definition) is 5. The number of hydroxylamine groups is 1. The molecule has 0 spiro atoms. The molecule has 1 rings (SSSR count). The van der Waals surface area contributed by atoms with Crippen molar-refractivity contribution >= 4 is 17.8 Å². The minimum Gasteiger partial charge on any atom is -0.463 e. The van der Waals surface area contributed by atoms with E-state index in [1.165, 1.54) is 4.90 Å². The van der Waals surface area contributed by atoms with Crippen LogP contribution in [0, 0.1) is 5.92 Å². The van der Waals surface area contributed by atoms with Crippen LogP contribution < -0.4 is 5.48 Å². The summed E-state index contributed by atoms with van der Waals surface area (Å²) in [7, 11) is 0. The molecule has 0 heterocycles. The van der Waals surface area contributed by atoms with E-state index in [1.54, 1.807) is 43.6 Å². The van der Waals surface area contributed by atoms with Crippen molar-refractivity contribution in [3.8, 4) is 0 Å². The van der Waals surface area contributed by atoms with Gasteiger partial charge >= 0.3 is 5.97 Å². The number of carbonyl (C=O) groups is 3. The Kier molecular flexibility index (Phi) is 9.50. The summed E-state index contributed by atoms with van der Waals surface area (Å²) in [6.45, 7) is 7.17. The Morgan fingerprint density at radius 2 is 1.74 bits per heavy atom. The van der Waals surface area contributed by atoms with E-state index in [1.807, 2.05) is 19.9 Å². The summed E-state index contributed by atoms with van der Waals surface area (Å²) in [5, 5.41) is 8.91. The molecule has 2 N–H and O–H groups in total. The Morgan fingerprint density at radius 3 is 2.26 bits per heavy atom. The number of rotatable bonds is 10. The smallest absolute Gasteiger partial charge is 0.308 e. The second kappa shape index (κ2) is 11.3. The third-order valence-electron chi connectivity index (χ3n) is 3.98. The van der Waals surface area contributed by atoms with Gasteiger partial charge in [0.2, 0.25) is 5.91 Å². The zero-order valence-corrected chi connectivity index (χ0v) is 16.5. The molecule has 0 aromatic heterocycles. The molecule has 7 nitrogen and oxygen atoms in total. The van der Waals surface area contributed by atoms with Crippen molar-refractivity contribution in [1.82, 2.24) is 10.4 Å². The van der Waals surface area contributed by atoms with Gasteiger partial charge in [0.25, 0.3) is 5.91 Å². The van der Waals surface area contributed by atoms with Crippen LogP contribution in [0.4, 0.5) is 0 Å². The zero-order valence-electron chi connectivity index (χ0n) is 16.5. The summed E-state index contributed by atoms with van der Waals surface area (Å²) in [6.07, 6.45) is 0.557. The molecule has 0 saturated heterocycles. The molecular weight excluding hydrogens is 348 g/mol. The van der Waals surface area contributed by atoms with Gasteiger partial charge in [-0.05, 0) is 31.7 Å². The van der Waals surface area contributed by atoms with Gasteiger partial charge in [-0.1, -0.05) is 44.2 Å². The fourth-order valence-corrected chi connectivity index (χ4v) is 2.67. The van der Waals surface area contributed by atoms with Crippen molar-refractivity contribution in [3.63, 3.8) is 0 Å². The van der Waals surface area contributed by atoms with Crippen LogP contribution in [-0.2, 0) is 19.1 Å². The standard InChI is InChI=1S/C20H30N2O5/c1-14(2)10-11-19(24)22(13-18(23)21-26)17(12-20(25)27-15(3)4)16-8-6-5-7-9-16/h5-9,14-15,17,26H,10-13H2,1-4H3,(H,21,23). The SMILES string of the molecule is CC(C)CCC(=O)N(CC(=O)NO)C(CC(=O)OC(C)C)c1ccccc1. The zero-order chi connectivity index (χ0) is 20.4. The van der Waals surface area contributed by atoms with Crippen LogP contribution in [0.1, 0.15) is 58.6 Å². The molecule has 0 saturated carbocycles. The number of benzene rings is 1. The first kappa shape index (κ1) is 22.6. The number of carbonyl (C=O) groups excluding carboxylic acids is 3. The number of esters is 1. The van der Waals surface area contributed by atoms with Crippen molar-refractivity contribution in [2.24, 2.45) is 5.92 Å². The summed E-state index contributed by atoms with van der Waals surface area (Å²) in [6, 6.07) is 8.38. The molecule has 2 amide bonds. The number of nitrogens with zero attached hydrogens (tertiary/aromatic N) is 1. The number of hydrogen-bond donors (Lipinski definition) is 2. The van der Waals surface area contributed by atoms with Crippen molar-refractivity contribution in [3.05, 3.63) is 35.9 Å². The lowest BCUT2D eigenvalue weighted by atomic mass is 10.00. The second-order valence-electron chi connectivity index (χ2n) is 7.16. The van der Waals surface area contributed by atoms with Gasteiger partial charge in [0.1, 0.15) is 6.54 Å². The number of ether oxygens (including phenoxy) is 1. The summed E-state index contributed by atoms with van der Waals surface area (Å²) in [4.78, 5) is 38.2. The van der Waals surface area contributed by atoms with Gasteiger partial charge in [0, 0.05) is 6.42 Å². The van der Waals surface area contributed by atoms with Gasteiger partial charge < -0.3 is 9.64 Å². The topological polar surface area (TPSA) is 95.9 Å². The number of amides is 2. The van der Waals surface area contributed by atoms with Crippen LogP contribution in [0.3, 0.4) is 0 Å². The normalized spacial score (nSPS) is 12.0. The molecular formula is C20H30N2O5. The molecule has 0 aliphatic heterocycles. The van der Waals surface area contributed by atoms with Crippen molar-refractivity contribution < 1.29 is 24.3 Å². The van der Waals surface area contributed by atoms with E-state index in [2.05, 4.69) is 0 Å². The van der Waals surface area contributed by atoms with Crippen LogP contribution >= 0.6 is 0 Å². The molecule has 27 heavy (non-hydrogen) atoms. The van der Waals surface area contributed by atoms with E-state index in [-0.39, 0.29) is 31.4 Å². The maximum Gasteiger partial charge on any atom is 0.308 e. The largest absolute Gasteiger partial charge is 0.463 e. The highest BCUT2D eigenvalue weighted by Crippen LogP contribution is 2.26. The molecule has 0 fully saturated rings. The average Bonchev–Trinajstić information content (AvgIpc) is 2.62. The predicted octanol–water partition coefficient (Wildman–Crippen LogP) is 2.84. The molecule has 0 bridgehead atoms. The fourth-order valence-electron chi connectivity index (χ4n) is 2.67. The maximum absolute atomic E-state index is 12.8. The monoisotopic (exact) mass is 378 g/mol. The first-order valence-corrected chi connectivity index (χ1v) is 9.21. The quantitative estimate of drug-likeness (QED) is 0.371. The highest BCUT2D eigenvalue weighted by molar-refractivity contribution is 5.85. The van der Waals surface area contributed by atoms with E-state index in [0.717, 1.165) is 5.56 Å². The lowest BCUT2D eigenvalue weighted by Gasteiger charge is -2.31. The molecule has 150 valence electrons. The van der Waals surface area contributed by atoms with Gasteiger partial charge in [0.15, 0.2) is 0 Å². The van der Waals surface area contributed by atoms with Crippen LogP contribution in [0.5, 0.6) is 0 Å². The Balaban J connectivity index is 3.16. The predicted molar refractivity (Wildman–Crippen MR) is 101 cm³/mol. The summed E-state index contributed by atoms with van der Waals surface area (Å²) in [5.74, 6) is -1.10. The molecule has 1 unspecified atom stereocenters. The highest BCUT2D eigenvalue weighted by Gasteiger charge is 2.29. The molecule has 0 radical (unpaired) electrons. The van der Waals surface area contributed by atoms with Gasteiger partial charge in [-0.15, -0.1) is 0 Å². The summed E-state index contributed by atoms with van der Waals surface area (Å²) < 4.78 is 5.23. The van der Waals surface area contributed by atoms with E-state index < -0.39 is 17.9 Å². The third-order valence-corrected chi connectivity index (χ3v) is 3.98. The Morgan fingerprint density at radius 1 is 1.11 bits per heavy atom. The van der Waals surface area contributed by atoms with E-state index in [4.69, 9.17) is 9.94 Å². The van der Waals surface area contributed by atoms with Gasteiger partial charge in [-0.3, -0.25) is 19.6 Å². The maximum atomic E-state index is 12.8.